The number of aromatic nitrogens is 5. The van der Waals surface area contributed by atoms with E-state index in [0.29, 0.717) is 23.0 Å². The minimum absolute atomic E-state index is 0.00172. The van der Waals surface area contributed by atoms with Gasteiger partial charge in [-0.2, -0.15) is 10.1 Å². The van der Waals surface area contributed by atoms with Crippen LogP contribution in [0.25, 0.3) is 22.2 Å². The molecule has 0 radical (unpaired) electrons. The summed E-state index contributed by atoms with van der Waals surface area (Å²) in [7, 11) is 0. The topological polar surface area (TPSA) is 122 Å². The zero-order chi connectivity index (χ0) is 24.6. The smallest absolute Gasteiger partial charge is 0.292 e. The molecule has 0 spiro atoms. The number of halogens is 1. The Morgan fingerprint density at radius 2 is 2.14 bits per heavy atom. The summed E-state index contributed by atoms with van der Waals surface area (Å²) in [6, 6.07) is 6.89. The van der Waals surface area contributed by atoms with Gasteiger partial charge in [-0.05, 0) is 55.1 Å². The van der Waals surface area contributed by atoms with Gasteiger partial charge in [0.1, 0.15) is 5.82 Å². The minimum Gasteiger partial charge on any atom is -0.345 e. The Hall–Kier alpha value is -3.66. The highest BCUT2D eigenvalue weighted by Crippen LogP contribution is 2.31. The van der Waals surface area contributed by atoms with Crippen molar-refractivity contribution in [3.8, 4) is 11.1 Å². The van der Waals surface area contributed by atoms with Gasteiger partial charge >= 0.3 is 0 Å². The fourth-order valence-corrected chi connectivity index (χ4v) is 4.31. The molecule has 10 heteroatoms. The van der Waals surface area contributed by atoms with E-state index in [9.17, 15) is 4.79 Å². The van der Waals surface area contributed by atoms with Crippen LogP contribution >= 0.6 is 0 Å². The standard InChI is InChI=1S/C25H28FN7O2/c1-25(2,3)24-30-22(33-35-24)23(34)29-13-16-5-4-15(11-18(16)26)17-7-9-28-21-20(17)19(31-32-21)10-14-6-8-27-12-14/h4-5,7,9,11,14,27H,6,8,10,12-13H2,1-3H3,(H,29,34)(H,28,31,32). The molecule has 1 saturated heterocycles. The number of hydrogen-bond donors (Lipinski definition) is 3. The average Bonchev–Trinajstić information content (AvgIpc) is 3.59. The van der Waals surface area contributed by atoms with Crippen LogP contribution in [0, 0.1) is 11.7 Å². The number of rotatable bonds is 6. The van der Waals surface area contributed by atoms with Crippen molar-refractivity contribution in [1.29, 1.82) is 0 Å². The molecule has 1 aliphatic rings. The molecule has 9 nitrogen and oxygen atoms in total. The Bertz CT molecular complexity index is 1370. The maximum atomic E-state index is 15.1. The van der Waals surface area contributed by atoms with E-state index < -0.39 is 11.7 Å². The van der Waals surface area contributed by atoms with Crippen molar-refractivity contribution < 1.29 is 13.7 Å². The highest BCUT2D eigenvalue weighted by atomic mass is 19.1. The predicted molar refractivity (Wildman–Crippen MR) is 128 cm³/mol. The van der Waals surface area contributed by atoms with Crippen LogP contribution in [0.3, 0.4) is 0 Å². The second-order valence-corrected chi connectivity index (χ2v) is 9.98. The van der Waals surface area contributed by atoms with E-state index in [-0.39, 0.29) is 17.8 Å². The number of benzene rings is 1. The first-order valence-electron chi connectivity index (χ1n) is 11.7. The lowest BCUT2D eigenvalue weighted by Gasteiger charge is -2.11. The molecule has 1 unspecified atom stereocenters. The first-order valence-corrected chi connectivity index (χ1v) is 11.7. The lowest BCUT2D eigenvalue weighted by atomic mass is 9.96. The van der Waals surface area contributed by atoms with Gasteiger partial charge in [0.15, 0.2) is 5.65 Å². The first kappa shape index (κ1) is 23.1. The number of hydrogen-bond acceptors (Lipinski definition) is 7. The van der Waals surface area contributed by atoms with E-state index in [2.05, 4.69) is 36.0 Å². The van der Waals surface area contributed by atoms with Crippen LogP contribution in [0.15, 0.2) is 35.0 Å². The molecule has 35 heavy (non-hydrogen) atoms. The quantitative estimate of drug-likeness (QED) is 0.388. The fourth-order valence-electron chi connectivity index (χ4n) is 4.31. The lowest BCUT2D eigenvalue weighted by Crippen LogP contribution is -2.24. The van der Waals surface area contributed by atoms with Crippen molar-refractivity contribution in [2.45, 2.75) is 45.6 Å². The molecule has 1 aromatic carbocycles. The number of carbonyl (C=O) groups is 1. The molecule has 3 N–H and O–H groups in total. The number of amides is 1. The summed E-state index contributed by atoms with van der Waals surface area (Å²) in [5.74, 6) is -0.108. The Balaban J connectivity index is 1.34. The van der Waals surface area contributed by atoms with Crippen LogP contribution in [-0.4, -0.2) is 44.3 Å². The molecule has 0 aliphatic carbocycles. The second kappa shape index (κ2) is 9.18. The Labute approximate surface area is 201 Å². The van der Waals surface area contributed by atoms with Gasteiger partial charge in [-0.15, -0.1) is 0 Å². The van der Waals surface area contributed by atoms with Crippen LogP contribution in [0.2, 0.25) is 0 Å². The van der Waals surface area contributed by atoms with Crippen LogP contribution in [0.5, 0.6) is 0 Å². The third-order valence-electron chi connectivity index (χ3n) is 6.26. The molecule has 182 valence electrons. The first-order chi connectivity index (χ1) is 16.8. The number of fused-ring (bicyclic) bond motifs is 1. The van der Waals surface area contributed by atoms with Gasteiger partial charge in [0.05, 0.1) is 0 Å². The predicted octanol–water partition coefficient (Wildman–Crippen LogP) is 3.53. The molecule has 1 aliphatic heterocycles. The molecule has 0 saturated carbocycles. The van der Waals surface area contributed by atoms with E-state index in [1.165, 1.54) is 6.07 Å². The van der Waals surface area contributed by atoms with Gasteiger partial charge in [0, 0.05) is 34.8 Å². The van der Waals surface area contributed by atoms with Crippen molar-refractivity contribution in [2.24, 2.45) is 5.92 Å². The fraction of sp³-hybridized carbons (Fsp3) is 0.400. The summed E-state index contributed by atoms with van der Waals surface area (Å²) in [4.78, 5) is 20.9. The number of nitrogens with one attached hydrogen (secondary N) is 3. The van der Waals surface area contributed by atoms with Crippen LogP contribution < -0.4 is 10.6 Å². The summed E-state index contributed by atoms with van der Waals surface area (Å²) in [5, 5.41) is 18.2. The van der Waals surface area contributed by atoms with Crippen molar-refractivity contribution in [3.05, 3.63) is 59.3 Å². The maximum absolute atomic E-state index is 15.1. The highest BCUT2D eigenvalue weighted by molar-refractivity contribution is 5.94. The number of carbonyl (C=O) groups excluding carboxylic acids is 1. The van der Waals surface area contributed by atoms with Crippen molar-refractivity contribution in [3.63, 3.8) is 0 Å². The molecule has 1 atom stereocenters. The monoisotopic (exact) mass is 477 g/mol. The van der Waals surface area contributed by atoms with Crippen molar-refractivity contribution in [1.82, 2.24) is 36.0 Å². The van der Waals surface area contributed by atoms with E-state index in [4.69, 9.17) is 4.52 Å². The molecular formula is C25H28FN7O2. The lowest BCUT2D eigenvalue weighted by molar-refractivity contribution is 0.0937. The molecule has 1 amide bonds. The summed E-state index contributed by atoms with van der Waals surface area (Å²) < 4.78 is 20.2. The van der Waals surface area contributed by atoms with Gasteiger partial charge in [0.25, 0.3) is 11.7 Å². The zero-order valence-electron chi connectivity index (χ0n) is 20.0. The average molecular weight is 478 g/mol. The van der Waals surface area contributed by atoms with Gasteiger partial charge in [-0.25, -0.2) is 9.37 Å². The molecule has 1 fully saturated rings. The SMILES string of the molecule is CC(C)(C)c1nc(C(=O)NCc2ccc(-c3ccnc4n[nH]c(CC5CCNC5)c34)cc2F)no1. The Kier molecular flexibility index (Phi) is 6.06. The minimum atomic E-state index is -0.520. The second-order valence-electron chi connectivity index (χ2n) is 9.98. The Morgan fingerprint density at radius 1 is 1.29 bits per heavy atom. The van der Waals surface area contributed by atoms with Crippen molar-refractivity contribution >= 4 is 16.9 Å². The molecule has 0 bridgehead atoms. The summed E-state index contributed by atoms with van der Waals surface area (Å²) in [6.45, 7) is 7.74. The Morgan fingerprint density at radius 3 is 2.86 bits per heavy atom. The van der Waals surface area contributed by atoms with E-state index in [1.807, 2.05) is 32.9 Å². The van der Waals surface area contributed by atoms with Crippen LogP contribution in [-0.2, 0) is 18.4 Å². The summed E-state index contributed by atoms with van der Waals surface area (Å²) in [5.41, 5.74) is 3.23. The largest absolute Gasteiger partial charge is 0.345 e. The van der Waals surface area contributed by atoms with Gasteiger partial charge < -0.3 is 15.2 Å². The zero-order valence-corrected chi connectivity index (χ0v) is 20.0. The maximum Gasteiger partial charge on any atom is 0.292 e. The number of pyridine rings is 1. The third-order valence-corrected chi connectivity index (χ3v) is 6.26. The summed E-state index contributed by atoms with van der Waals surface area (Å²) in [6.07, 6.45) is 3.66. The highest BCUT2D eigenvalue weighted by Gasteiger charge is 2.24. The van der Waals surface area contributed by atoms with Gasteiger partial charge in [-0.3, -0.25) is 9.89 Å². The molecular weight excluding hydrogens is 449 g/mol. The molecule has 3 aromatic heterocycles. The van der Waals surface area contributed by atoms with Crippen molar-refractivity contribution in [2.75, 3.05) is 13.1 Å². The molecule has 5 rings (SSSR count). The van der Waals surface area contributed by atoms with E-state index in [1.54, 1.807) is 12.3 Å². The van der Waals surface area contributed by atoms with Gasteiger partial charge in [-0.1, -0.05) is 38.1 Å². The van der Waals surface area contributed by atoms with Crippen LogP contribution in [0.4, 0.5) is 4.39 Å². The van der Waals surface area contributed by atoms with E-state index >= 15 is 4.39 Å². The van der Waals surface area contributed by atoms with E-state index in [0.717, 1.165) is 48.1 Å². The number of nitrogens with zero attached hydrogens (tertiary/aromatic N) is 4. The third kappa shape index (κ3) is 4.79. The van der Waals surface area contributed by atoms with Gasteiger partial charge in [0.2, 0.25) is 5.89 Å². The van der Waals surface area contributed by atoms with Crippen LogP contribution in [0.1, 0.15) is 55.0 Å². The number of aromatic amines is 1. The number of H-pyrrole nitrogens is 1. The summed E-state index contributed by atoms with van der Waals surface area (Å²) >= 11 is 0. The normalized spacial score (nSPS) is 16.2. The molecule has 4 heterocycles. The molecule has 4 aromatic rings.